The van der Waals surface area contributed by atoms with E-state index < -0.39 is 12.3 Å². The standard InChI is InChI=1S/C14H19F3N2O/c15-14(16,17)13(20)11-19-8-6-18(7-9-19)10-12-4-2-1-3-5-12/h1-5,13,20H,6-11H2. The molecule has 0 aliphatic carbocycles. The molecule has 6 heteroatoms. The number of aliphatic hydroxyl groups excluding tert-OH is 1. The SMILES string of the molecule is OC(CN1CCN(Cc2ccccc2)CC1)C(F)(F)F. The fourth-order valence-electron chi connectivity index (χ4n) is 2.32. The third kappa shape index (κ3) is 4.47. The summed E-state index contributed by atoms with van der Waals surface area (Å²) in [6, 6.07) is 10.00. The Bertz CT molecular complexity index is 403. The lowest BCUT2D eigenvalue weighted by molar-refractivity contribution is -0.209. The first-order valence-electron chi connectivity index (χ1n) is 6.68. The lowest BCUT2D eigenvalue weighted by atomic mass is 10.2. The Morgan fingerprint density at radius 2 is 1.55 bits per heavy atom. The molecule has 1 heterocycles. The Kier molecular flexibility index (Phi) is 5.01. The molecule has 1 aliphatic heterocycles. The maximum atomic E-state index is 12.3. The number of β-amino-alcohol motifs (C(OH)–C–C–N with tert-alkyl or cyclic N) is 1. The van der Waals surface area contributed by atoms with Crippen LogP contribution in [0.25, 0.3) is 0 Å². The molecule has 3 nitrogen and oxygen atoms in total. The minimum atomic E-state index is -4.53. The summed E-state index contributed by atoms with van der Waals surface area (Å²) >= 11 is 0. The van der Waals surface area contributed by atoms with E-state index in [1.165, 1.54) is 5.56 Å². The molecule has 0 bridgehead atoms. The van der Waals surface area contributed by atoms with Gasteiger partial charge in [0, 0.05) is 39.3 Å². The molecule has 112 valence electrons. The quantitative estimate of drug-likeness (QED) is 0.914. The van der Waals surface area contributed by atoms with E-state index in [0.29, 0.717) is 13.1 Å². The van der Waals surface area contributed by atoms with E-state index in [4.69, 9.17) is 5.11 Å². The average molecular weight is 288 g/mol. The number of piperazine rings is 1. The average Bonchev–Trinajstić information content (AvgIpc) is 2.41. The van der Waals surface area contributed by atoms with Gasteiger partial charge in [-0.3, -0.25) is 9.80 Å². The molecule has 1 aliphatic rings. The minimum Gasteiger partial charge on any atom is -0.382 e. The van der Waals surface area contributed by atoms with Gasteiger partial charge in [-0.15, -0.1) is 0 Å². The molecule has 0 aromatic heterocycles. The molecule has 1 aromatic carbocycles. The van der Waals surface area contributed by atoms with Gasteiger partial charge in [-0.25, -0.2) is 0 Å². The van der Waals surface area contributed by atoms with Crippen LogP contribution in [0.5, 0.6) is 0 Å². The zero-order chi connectivity index (χ0) is 14.6. The summed E-state index contributed by atoms with van der Waals surface area (Å²) in [5, 5.41) is 9.06. The first-order valence-corrected chi connectivity index (χ1v) is 6.68. The molecule has 2 rings (SSSR count). The van der Waals surface area contributed by atoms with Gasteiger partial charge >= 0.3 is 6.18 Å². The number of halogens is 3. The van der Waals surface area contributed by atoms with Crippen molar-refractivity contribution < 1.29 is 18.3 Å². The van der Waals surface area contributed by atoms with Crippen LogP contribution in [-0.4, -0.2) is 59.9 Å². The number of benzene rings is 1. The van der Waals surface area contributed by atoms with Gasteiger partial charge in [0.25, 0.3) is 0 Å². The Hall–Kier alpha value is -1.11. The maximum absolute atomic E-state index is 12.3. The second-order valence-corrected chi connectivity index (χ2v) is 5.12. The van der Waals surface area contributed by atoms with Gasteiger partial charge in [0.15, 0.2) is 6.10 Å². The Morgan fingerprint density at radius 1 is 1.00 bits per heavy atom. The van der Waals surface area contributed by atoms with E-state index >= 15 is 0 Å². The molecule has 0 saturated carbocycles. The van der Waals surface area contributed by atoms with Crippen LogP contribution >= 0.6 is 0 Å². The number of nitrogens with zero attached hydrogens (tertiary/aromatic N) is 2. The molecular formula is C14H19F3N2O. The van der Waals surface area contributed by atoms with Crippen LogP contribution in [0.4, 0.5) is 13.2 Å². The monoisotopic (exact) mass is 288 g/mol. The first-order chi connectivity index (χ1) is 9.45. The minimum absolute atomic E-state index is 0.331. The second kappa shape index (κ2) is 6.56. The molecule has 0 amide bonds. The number of hydrogen-bond acceptors (Lipinski definition) is 3. The Balaban J connectivity index is 1.75. The van der Waals surface area contributed by atoms with Gasteiger partial charge in [0.1, 0.15) is 0 Å². The smallest absolute Gasteiger partial charge is 0.382 e. The van der Waals surface area contributed by atoms with Crippen molar-refractivity contribution in [3.8, 4) is 0 Å². The Morgan fingerprint density at radius 3 is 2.10 bits per heavy atom. The maximum Gasteiger partial charge on any atom is 0.415 e. The third-order valence-corrected chi connectivity index (χ3v) is 3.52. The van der Waals surface area contributed by atoms with E-state index in [1.807, 2.05) is 30.3 Å². The predicted molar refractivity (Wildman–Crippen MR) is 70.2 cm³/mol. The van der Waals surface area contributed by atoms with Crippen LogP contribution in [-0.2, 0) is 6.54 Å². The summed E-state index contributed by atoms with van der Waals surface area (Å²) < 4.78 is 36.8. The summed E-state index contributed by atoms with van der Waals surface area (Å²) in [5.74, 6) is 0. The number of aliphatic hydroxyl groups is 1. The molecule has 1 saturated heterocycles. The molecule has 0 spiro atoms. The highest BCUT2D eigenvalue weighted by molar-refractivity contribution is 5.14. The van der Waals surface area contributed by atoms with Crippen molar-refractivity contribution in [1.29, 1.82) is 0 Å². The molecule has 1 N–H and O–H groups in total. The normalized spacial score (nSPS) is 20.0. The molecule has 1 fully saturated rings. The fraction of sp³-hybridized carbons (Fsp3) is 0.571. The summed E-state index contributed by atoms with van der Waals surface area (Å²) in [6.45, 7) is 3.04. The fourth-order valence-corrected chi connectivity index (χ4v) is 2.32. The van der Waals surface area contributed by atoms with Gasteiger partial charge in [-0.2, -0.15) is 13.2 Å². The van der Waals surface area contributed by atoms with E-state index in [0.717, 1.165) is 19.6 Å². The van der Waals surface area contributed by atoms with Crippen molar-refractivity contribution in [2.45, 2.75) is 18.8 Å². The predicted octanol–water partition coefficient (Wildman–Crippen LogP) is 1.73. The lowest BCUT2D eigenvalue weighted by Crippen LogP contribution is -2.50. The zero-order valence-electron chi connectivity index (χ0n) is 11.2. The van der Waals surface area contributed by atoms with Crippen molar-refractivity contribution in [3.05, 3.63) is 35.9 Å². The summed E-state index contributed by atoms with van der Waals surface area (Å²) in [6.07, 6.45) is -6.77. The third-order valence-electron chi connectivity index (χ3n) is 3.52. The van der Waals surface area contributed by atoms with Crippen molar-refractivity contribution in [3.63, 3.8) is 0 Å². The van der Waals surface area contributed by atoms with Gasteiger partial charge in [0.2, 0.25) is 0 Å². The highest BCUT2D eigenvalue weighted by atomic mass is 19.4. The van der Waals surface area contributed by atoms with E-state index in [2.05, 4.69) is 4.90 Å². The molecular weight excluding hydrogens is 269 g/mol. The summed E-state index contributed by atoms with van der Waals surface area (Å²) in [4.78, 5) is 3.88. The lowest BCUT2D eigenvalue weighted by Gasteiger charge is -2.35. The second-order valence-electron chi connectivity index (χ2n) is 5.12. The highest BCUT2D eigenvalue weighted by Crippen LogP contribution is 2.21. The molecule has 1 unspecified atom stereocenters. The van der Waals surface area contributed by atoms with E-state index in [1.54, 1.807) is 4.90 Å². The number of alkyl halides is 3. The largest absolute Gasteiger partial charge is 0.415 e. The van der Waals surface area contributed by atoms with Crippen LogP contribution in [0, 0.1) is 0 Å². The van der Waals surface area contributed by atoms with Crippen molar-refractivity contribution >= 4 is 0 Å². The summed E-state index contributed by atoms with van der Waals surface area (Å²) in [7, 11) is 0. The zero-order valence-corrected chi connectivity index (χ0v) is 11.2. The van der Waals surface area contributed by atoms with Crippen LogP contribution in [0.1, 0.15) is 5.56 Å². The van der Waals surface area contributed by atoms with E-state index in [9.17, 15) is 13.2 Å². The number of rotatable bonds is 4. The van der Waals surface area contributed by atoms with Crippen molar-refractivity contribution in [2.24, 2.45) is 0 Å². The number of hydrogen-bond donors (Lipinski definition) is 1. The van der Waals surface area contributed by atoms with Gasteiger partial charge in [0.05, 0.1) is 0 Å². The Labute approximate surface area is 116 Å². The van der Waals surface area contributed by atoms with Crippen LogP contribution in [0.3, 0.4) is 0 Å². The van der Waals surface area contributed by atoms with Gasteiger partial charge in [-0.1, -0.05) is 30.3 Å². The van der Waals surface area contributed by atoms with E-state index in [-0.39, 0.29) is 6.54 Å². The van der Waals surface area contributed by atoms with Gasteiger partial charge < -0.3 is 5.11 Å². The van der Waals surface area contributed by atoms with Crippen molar-refractivity contribution in [1.82, 2.24) is 9.80 Å². The molecule has 0 radical (unpaired) electrons. The molecule has 1 aromatic rings. The topological polar surface area (TPSA) is 26.7 Å². The molecule has 20 heavy (non-hydrogen) atoms. The van der Waals surface area contributed by atoms with Crippen molar-refractivity contribution in [2.75, 3.05) is 32.7 Å². The highest BCUT2D eigenvalue weighted by Gasteiger charge is 2.39. The first kappa shape index (κ1) is 15.3. The van der Waals surface area contributed by atoms with Crippen LogP contribution in [0.2, 0.25) is 0 Å². The van der Waals surface area contributed by atoms with Crippen LogP contribution < -0.4 is 0 Å². The summed E-state index contributed by atoms with van der Waals surface area (Å²) in [5.41, 5.74) is 1.20. The van der Waals surface area contributed by atoms with Crippen LogP contribution in [0.15, 0.2) is 30.3 Å². The van der Waals surface area contributed by atoms with Gasteiger partial charge in [-0.05, 0) is 5.56 Å². The molecule has 1 atom stereocenters.